The summed E-state index contributed by atoms with van der Waals surface area (Å²) in [5, 5.41) is 7.34. The molecule has 0 aliphatic carbocycles. The number of nitrogens with zero attached hydrogens (tertiary/aromatic N) is 4. The zero-order valence-electron chi connectivity index (χ0n) is 28.1. The van der Waals surface area contributed by atoms with E-state index >= 15 is 0 Å². The van der Waals surface area contributed by atoms with E-state index in [1.54, 1.807) is 13.3 Å². The van der Waals surface area contributed by atoms with E-state index in [0.717, 1.165) is 39.8 Å². The van der Waals surface area contributed by atoms with Gasteiger partial charge in [0.25, 0.3) is 5.56 Å². The summed E-state index contributed by atoms with van der Waals surface area (Å²) in [6.07, 6.45) is 3.08. The van der Waals surface area contributed by atoms with Crippen LogP contribution in [0.1, 0.15) is 24.1 Å². The summed E-state index contributed by atoms with van der Waals surface area (Å²) >= 11 is 14.2. The van der Waals surface area contributed by atoms with Gasteiger partial charge in [0.2, 0.25) is 11.8 Å². The number of methoxy groups -OCH3 is 2. The maximum absolute atomic E-state index is 13.0. The molecule has 2 fully saturated rings. The first-order chi connectivity index (χ1) is 24.7. The van der Waals surface area contributed by atoms with Gasteiger partial charge >= 0.3 is 5.97 Å². The predicted octanol–water partition coefficient (Wildman–Crippen LogP) is 5.38. The lowest BCUT2D eigenvalue weighted by molar-refractivity contribution is -0.151. The SMILES string of the molecule is COC(=O)C1CN(Cc2cc(=O)n3ccc(-c4cccc(-c5cccc(-c6ccc(CNCC7CCC(=O)N7)c(OC)n6)c5Cl)c4Cl)cc3n2)C1. The number of amides is 1. The van der Waals surface area contributed by atoms with E-state index in [2.05, 4.69) is 15.5 Å². The predicted molar refractivity (Wildman–Crippen MR) is 196 cm³/mol. The molecule has 2 aliphatic heterocycles. The van der Waals surface area contributed by atoms with Gasteiger partial charge < -0.3 is 20.1 Å². The molecule has 1 unspecified atom stereocenters. The molecule has 11 nitrogen and oxygen atoms in total. The van der Waals surface area contributed by atoms with Gasteiger partial charge in [0.1, 0.15) is 5.65 Å². The molecule has 13 heteroatoms. The summed E-state index contributed by atoms with van der Waals surface area (Å²) < 4.78 is 12.0. The first kappa shape index (κ1) is 34.6. The molecule has 0 saturated carbocycles. The number of aromatic nitrogens is 3. The normalized spacial score (nSPS) is 16.2. The number of ether oxygens (including phenoxy) is 2. The molecule has 7 rings (SSSR count). The Morgan fingerprint density at radius 3 is 2.37 bits per heavy atom. The number of halogens is 2. The number of pyridine rings is 2. The number of hydrogen-bond donors (Lipinski definition) is 2. The van der Waals surface area contributed by atoms with Crippen LogP contribution in [0.4, 0.5) is 0 Å². The lowest BCUT2D eigenvalue weighted by Crippen LogP contribution is -2.50. The van der Waals surface area contributed by atoms with Crippen LogP contribution in [0.2, 0.25) is 10.0 Å². The number of carbonyl (C=O) groups is 2. The Balaban J connectivity index is 1.13. The molecule has 0 spiro atoms. The number of carbonyl (C=O) groups excluding carboxylic acids is 2. The molecule has 3 aromatic heterocycles. The van der Waals surface area contributed by atoms with Crippen LogP contribution in [0.5, 0.6) is 5.88 Å². The smallest absolute Gasteiger partial charge is 0.311 e. The van der Waals surface area contributed by atoms with Crippen molar-refractivity contribution in [2.24, 2.45) is 5.92 Å². The zero-order valence-corrected chi connectivity index (χ0v) is 29.6. The van der Waals surface area contributed by atoms with Crippen LogP contribution < -0.4 is 20.9 Å². The highest BCUT2D eigenvalue weighted by atomic mass is 35.5. The third kappa shape index (κ3) is 7.20. The molecule has 0 radical (unpaired) electrons. The fraction of sp³-hybridized carbons (Fsp3) is 0.289. The van der Waals surface area contributed by atoms with Gasteiger partial charge in [-0.3, -0.25) is 23.7 Å². The largest absolute Gasteiger partial charge is 0.481 e. The number of likely N-dealkylation sites (tertiary alicyclic amines) is 1. The van der Waals surface area contributed by atoms with Gasteiger partial charge in [-0.15, -0.1) is 0 Å². The molecular formula is C38H36Cl2N6O5. The standard InChI is InChI=1S/C38H36Cl2N6O5/c1-50-37-23(17-41-18-25-10-12-33(47)43-25)9-11-31(44-37)30-8-4-7-29(36(30)40)28-6-3-5-27(35(28)39)22-13-14-46-32(15-22)42-26(16-34(46)48)21-45-19-24(20-45)38(49)51-2/h3-9,11,13-16,24-25,41H,10,12,17-21H2,1-2H3,(H,43,47). The molecule has 262 valence electrons. The number of nitrogens with one attached hydrogen (secondary N) is 2. The second-order valence-electron chi connectivity index (χ2n) is 12.8. The van der Waals surface area contributed by atoms with E-state index in [0.29, 0.717) is 72.1 Å². The highest BCUT2D eigenvalue weighted by Gasteiger charge is 2.33. The Hall–Kier alpha value is -4.81. The number of hydrogen-bond acceptors (Lipinski definition) is 9. The molecule has 5 heterocycles. The van der Waals surface area contributed by atoms with E-state index in [1.807, 2.05) is 60.7 Å². The van der Waals surface area contributed by atoms with Gasteiger partial charge in [-0.25, -0.2) is 9.97 Å². The minimum absolute atomic E-state index is 0.0900. The summed E-state index contributed by atoms with van der Waals surface area (Å²) in [5.41, 5.74) is 6.22. The highest BCUT2D eigenvalue weighted by molar-refractivity contribution is 6.39. The summed E-state index contributed by atoms with van der Waals surface area (Å²) in [5.74, 6) is 0.197. The average Bonchev–Trinajstić information content (AvgIpc) is 3.54. The third-order valence-corrected chi connectivity index (χ3v) is 10.2. The molecule has 2 aromatic carbocycles. The van der Waals surface area contributed by atoms with Crippen LogP contribution in [-0.2, 0) is 27.4 Å². The van der Waals surface area contributed by atoms with E-state index in [-0.39, 0.29) is 29.4 Å². The number of fused-ring (bicyclic) bond motifs is 1. The van der Waals surface area contributed by atoms with Crippen molar-refractivity contribution in [2.75, 3.05) is 33.9 Å². The van der Waals surface area contributed by atoms with Gasteiger partial charge in [-0.1, -0.05) is 65.7 Å². The second-order valence-corrected chi connectivity index (χ2v) is 13.5. The molecular weight excluding hydrogens is 691 g/mol. The second kappa shape index (κ2) is 14.8. The topological polar surface area (TPSA) is 127 Å². The van der Waals surface area contributed by atoms with E-state index in [1.165, 1.54) is 17.6 Å². The van der Waals surface area contributed by atoms with Crippen LogP contribution in [0.3, 0.4) is 0 Å². The fourth-order valence-electron chi connectivity index (χ4n) is 6.69. The van der Waals surface area contributed by atoms with Gasteiger partial charge in [0.15, 0.2) is 0 Å². The molecule has 1 amide bonds. The maximum Gasteiger partial charge on any atom is 0.311 e. The average molecular weight is 728 g/mol. The Labute approximate surface area is 304 Å². The Bertz CT molecular complexity index is 2200. The van der Waals surface area contributed by atoms with Crippen molar-refractivity contribution in [3.05, 3.63) is 105 Å². The van der Waals surface area contributed by atoms with Crippen molar-refractivity contribution in [3.63, 3.8) is 0 Å². The Morgan fingerprint density at radius 1 is 0.941 bits per heavy atom. The minimum Gasteiger partial charge on any atom is -0.481 e. The first-order valence-corrected chi connectivity index (χ1v) is 17.4. The lowest BCUT2D eigenvalue weighted by Gasteiger charge is -2.36. The van der Waals surface area contributed by atoms with Crippen molar-refractivity contribution in [3.8, 4) is 39.4 Å². The molecule has 1 atom stereocenters. The molecule has 2 saturated heterocycles. The summed E-state index contributed by atoms with van der Waals surface area (Å²) in [6, 6.07) is 20.7. The lowest BCUT2D eigenvalue weighted by atomic mass is 9.97. The number of rotatable bonds is 11. The maximum atomic E-state index is 13.0. The Morgan fingerprint density at radius 2 is 1.67 bits per heavy atom. The molecule has 2 N–H and O–H groups in total. The summed E-state index contributed by atoms with van der Waals surface area (Å²) in [7, 11) is 2.98. The fourth-order valence-corrected chi connectivity index (χ4v) is 7.35. The summed E-state index contributed by atoms with van der Waals surface area (Å²) in [6.45, 7) is 2.79. The van der Waals surface area contributed by atoms with Crippen molar-refractivity contribution in [1.82, 2.24) is 29.9 Å². The van der Waals surface area contributed by atoms with Crippen LogP contribution in [0, 0.1) is 5.92 Å². The third-order valence-electron chi connectivity index (χ3n) is 9.40. The zero-order chi connectivity index (χ0) is 35.6. The monoisotopic (exact) mass is 726 g/mol. The number of benzene rings is 2. The van der Waals surface area contributed by atoms with Crippen molar-refractivity contribution >= 4 is 40.7 Å². The van der Waals surface area contributed by atoms with Crippen molar-refractivity contribution in [1.29, 1.82) is 0 Å². The van der Waals surface area contributed by atoms with Crippen LogP contribution in [0.25, 0.3) is 39.2 Å². The van der Waals surface area contributed by atoms with Crippen LogP contribution in [-0.4, -0.2) is 71.0 Å². The number of esters is 1. The van der Waals surface area contributed by atoms with Crippen LogP contribution in [0.15, 0.2) is 77.7 Å². The van der Waals surface area contributed by atoms with E-state index in [9.17, 15) is 14.4 Å². The molecule has 5 aromatic rings. The minimum atomic E-state index is -0.224. The first-order valence-electron chi connectivity index (χ1n) is 16.7. The van der Waals surface area contributed by atoms with Gasteiger partial charge in [-0.05, 0) is 30.2 Å². The van der Waals surface area contributed by atoms with E-state index in [4.69, 9.17) is 42.6 Å². The van der Waals surface area contributed by atoms with E-state index < -0.39 is 0 Å². The van der Waals surface area contributed by atoms with Crippen molar-refractivity contribution in [2.45, 2.75) is 32.0 Å². The van der Waals surface area contributed by atoms with Crippen LogP contribution >= 0.6 is 23.2 Å². The Kier molecular flexibility index (Phi) is 10.1. The molecule has 2 aliphatic rings. The van der Waals surface area contributed by atoms with Gasteiger partial charge in [0.05, 0.1) is 41.6 Å². The summed E-state index contributed by atoms with van der Waals surface area (Å²) in [4.78, 5) is 47.9. The van der Waals surface area contributed by atoms with Crippen molar-refractivity contribution < 1.29 is 19.1 Å². The molecule has 51 heavy (non-hydrogen) atoms. The van der Waals surface area contributed by atoms with Gasteiger partial charge in [0, 0.05) is 85.3 Å². The van der Waals surface area contributed by atoms with Gasteiger partial charge in [-0.2, -0.15) is 0 Å². The highest BCUT2D eigenvalue weighted by Crippen LogP contribution is 2.42. The quantitative estimate of drug-likeness (QED) is 0.173. The molecule has 0 bridgehead atoms.